The fourth-order valence-corrected chi connectivity index (χ4v) is 2.39. The zero-order valence-corrected chi connectivity index (χ0v) is 15.9. The highest BCUT2D eigenvalue weighted by Crippen LogP contribution is 2.16. The number of hydrogen-bond acceptors (Lipinski definition) is 4. The lowest BCUT2D eigenvalue weighted by atomic mass is 10.1. The van der Waals surface area contributed by atoms with Crippen LogP contribution in [0.2, 0.25) is 0 Å². The maximum Gasteiger partial charge on any atom is 0.257 e. The zero-order valence-electron chi connectivity index (χ0n) is 15.0. The summed E-state index contributed by atoms with van der Waals surface area (Å²) in [5.41, 5.74) is 1.66. The Bertz CT molecular complexity index is 820. The van der Waals surface area contributed by atoms with Crippen molar-refractivity contribution in [2.75, 3.05) is 5.32 Å². The van der Waals surface area contributed by atoms with Crippen LogP contribution in [0.1, 0.15) is 47.9 Å². The number of nitrogens with one attached hydrogen (secondary N) is 2. The molecule has 6 heteroatoms. The number of amides is 1. The van der Waals surface area contributed by atoms with Gasteiger partial charge in [-0.3, -0.25) is 14.9 Å². The van der Waals surface area contributed by atoms with E-state index in [4.69, 9.17) is 17.0 Å². The van der Waals surface area contributed by atoms with Crippen molar-refractivity contribution in [2.24, 2.45) is 0 Å². The lowest BCUT2D eigenvalue weighted by Crippen LogP contribution is -2.34. The Balaban J connectivity index is 2.01. The molecular formula is C20H22N2O3S. The van der Waals surface area contributed by atoms with Crippen LogP contribution in [-0.4, -0.2) is 22.9 Å². The topological polar surface area (TPSA) is 67.4 Å². The molecule has 0 aromatic heterocycles. The van der Waals surface area contributed by atoms with Gasteiger partial charge >= 0.3 is 0 Å². The van der Waals surface area contributed by atoms with Gasteiger partial charge in [0.1, 0.15) is 5.75 Å². The van der Waals surface area contributed by atoms with E-state index in [0.29, 0.717) is 22.6 Å². The summed E-state index contributed by atoms with van der Waals surface area (Å²) in [5, 5.41) is 5.70. The van der Waals surface area contributed by atoms with Crippen LogP contribution >= 0.6 is 12.2 Å². The Kier molecular flexibility index (Phi) is 6.86. The summed E-state index contributed by atoms with van der Waals surface area (Å²) in [5.74, 6) is 0.265. The maximum absolute atomic E-state index is 12.4. The van der Waals surface area contributed by atoms with Gasteiger partial charge in [0.2, 0.25) is 0 Å². The number of anilines is 1. The number of hydrogen-bond donors (Lipinski definition) is 2. The van der Waals surface area contributed by atoms with Crippen molar-refractivity contribution >= 4 is 34.7 Å². The van der Waals surface area contributed by atoms with Crippen LogP contribution in [0, 0.1) is 0 Å². The van der Waals surface area contributed by atoms with Crippen molar-refractivity contribution in [3.05, 3.63) is 59.7 Å². The molecule has 0 spiro atoms. The average Bonchev–Trinajstić information content (AvgIpc) is 2.61. The van der Waals surface area contributed by atoms with Gasteiger partial charge in [-0.1, -0.05) is 25.1 Å². The van der Waals surface area contributed by atoms with Crippen LogP contribution in [0.3, 0.4) is 0 Å². The van der Waals surface area contributed by atoms with Gasteiger partial charge in [0.25, 0.3) is 5.91 Å². The summed E-state index contributed by atoms with van der Waals surface area (Å²) < 4.78 is 5.73. The number of carbonyl (C=O) groups is 2. The molecule has 2 aromatic rings. The van der Waals surface area contributed by atoms with E-state index in [9.17, 15) is 9.59 Å². The molecule has 0 radical (unpaired) electrons. The molecule has 0 heterocycles. The van der Waals surface area contributed by atoms with E-state index < -0.39 is 0 Å². The van der Waals surface area contributed by atoms with Gasteiger partial charge < -0.3 is 10.1 Å². The molecule has 0 aliphatic rings. The molecule has 0 saturated carbocycles. The minimum atomic E-state index is -0.333. The highest BCUT2D eigenvalue weighted by Gasteiger charge is 2.10. The molecule has 0 bridgehead atoms. The zero-order chi connectivity index (χ0) is 19.1. The molecule has 0 aliphatic carbocycles. The Morgan fingerprint density at radius 1 is 1.12 bits per heavy atom. The molecule has 1 unspecified atom stereocenters. The Morgan fingerprint density at radius 2 is 1.81 bits per heavy atom. The van der Waals surface area contributed by atoms with Crippen LogP contribution in [-0.2, 0) is 0 Å². The second-order valence-corrected chi connectivity index (χ2v) is 6.32. The van der Waals surface area contributed by atoms with Gasteiger partial charge in [-0.05, 0) is 62.8 Å². The third kappa shape index (κ3) is 5.67. The maximum atomic E-state index is 12.4. The standard InChI is InChI=1S/C20H22N2O3S/c1-4-13(2)25-18-10-6-8-16(12-18)19(24)22-20(26)21-17-9-5-7-15(11-17)14(3)23/h5-13H,4H2,1-3H3,(H2,21,22,24,26). The van der Waals surface area contributed by atoms with E-state index >= 15 is 0 Å². The first-order valence-electron chi connectivity index (χ1n) is 8.39. The first-order chi connectivity index (χ1) is 12.4. The molecule has 0 saturated heterocycles. The van der Waals surface area contributed by atoms with Gasteiger partial charge in [-0.2, -0.15) is 0 Å². The Morgan fingerprint density at radius 3 is 2.50 bits per heavy atom. The number of rotatable bonds is 6. The van der Waals surface area contributed by atoms with Gasteiger partial charge in [0.05, 0.1) is 6.10 Å². The van der Waals surface area contributed by atoms with Crippen molar-refractivity contribution < 1.29 is 14.3 Å². The summed E-state index contributed by atoms with van der Waals surface area (Å²) in [7, 11) is 0. The van der Waals surface area contributed by atoms with Gasteiger partial charge in [0.15, 0.2) is 10.9 Å². The van der Waals surface area contributed by atoms with E-state index in [0.717, 1.165) is 6.42 Å². The van der Waals surface area contributed by atoms with Crippen LogP contribution in [0.25, 0.3) is 0 Å². The summed E-state index contributed by atoms with van der Waals surface area (Å²) in [6.45, 7) is 5.50. The van der Waals surface area contributed by atoms with E-state index in [1.54, 1.807) is 42.5 Å². The number of carbonyl (C=O) groups excluding carboxylic acids is 2. The Labute approximate surface area is 158 Å². The molecule has 2 aromatic carbocycles. The minimum Gasteiger partial charge on any atom is -0.491 e. The molecule has 136 valence electrons. The predicted molar refractivity (Wildman–Crippen MR) is 107 cm³/mol. The lowest BCUT2D eigenvalue weighted by molar-refractivity contribution is 0.0975. The van der Waals surface area contributed by atoms with E-state index in [1.807, 2.05) is 19.9 Å². The molecule has 5 nitrogen and oxygen atoms in total. The van der Waals surface area contributed by atoms with Crippen LogP contribution in [0.5, 0.6) is 5.75 Å². The number of thiocarbonyl (C=S) groups is 1. The highest BCUT2D eigenvalue weighted by atomic mass is 32.1. The number of ether oxygens (including phenoxy) is 1. The van der Waals surface area contributed by atoms with Crippen molar-refractivity contribution in [3.63, 3.8) is 0 Å². The van der Waals surface area contributed by atoms with Crippen molar-refractivity contribution in [1.29, 1.82) is 0 Å². The average molecular weight is 370 g/mol. The first-order valence-corrected chi connectivity index (χ1v) is 8.80. The summed E-state index contributed by atoms with van der Waals surface area (Å²) in [4.78, 5) is 23.8. The Hall–Kier alpha value is -2.73. The molecular weight excluding hydrogens is 348 g/mol. The van der Waals surface area contributed by atoms with Crippen LogP contribution < -0.4 is 15.4 Å². The normalized spacial score (nSPS) is 11.3. The molecule has 2 rings (SSSR count). The highest BCUT2D eigenvalue weighted by molar-refractivity contribution is 7.80. The van der Waals surface area contributed by atoms with Crippen LogP contribution in [0.4, 0.5) is 5.69 Å². The number of Topliss-reactive ketones (excluding diaryl/α,β-unsaturated/α-hetero) is 1. The quantitative estimate of drug-likeness (QED) is 0.589. The second kappa shape index (κ2) is 9.10. The van der Waals surface area contributed by atoms with E-state index in [1.165, 1.54) is 6.92 Å². The molecule has 26 heavy (non-hydrogen) atoms. The molecule has 1 atom stereocenters. The SMILES string of the molecule is CCC(C)Oc1cccc(C(=O)NC(=S)Nc2cccc(C(C)=O)c2)c1. The fourth-order valence-electron chi connectivity index (χ4n) is 2.18. The number of ketones is 1. The smallest absolute Gasteiger partial charge is 0.257 e. The van der Waals surface area contributed by atoms with E-state index in [-0.39, 0.29) is 22.9 Å². The predicted octanol–water partition coefficient (Wildman–Crippen LogP) is 4.19. The largest absolute Gasteiger partial charge is 0.491 e. The summed E-state index contributed by atoms with van der Waals surface area (Å²) >= 11 is 5.18. The van der Waals surface area contributed by atoms with Gasteiger partial charge in [0, 0.05) is 16.8 Å². The molecule has 0 aliphatic heterocycles. The third-order valence-corrected chi connectivity index (χ3v) is 3.97. The first kappa shape index (κ1) is 19.6. The number of benzene rings is 2. The molecule has 1 amide bonds. The fraction of sp³-hybridized carbons (Fsp3) is 0.250. The van der Waals surface area contributed by atoms with Crippen molar-refractivity contribution in [1.82, 2.24) is 5.32 Å². The van der Waals surface area contributed by atoms with Crippen molar-refractivity contribution in [2.45, 2.75) is 33.3 Å². The van der Waals surface area contributed by atoms with E-state index in [2.05, 4.69) is 10.6 Å². The van der Waals surface area contributed by atoms with Gasteiger partial charge in [-0.15, -0.1) is 0 Å². The van der Waals surface area contributed by atoms with Gasteiger partial charge in [-0.25, -0.2) is 0 Å². The molecule has 0 fully saturated rings. The lowest BCUT2D eigenvalue weighted by Gasteiger charge is -2.14. The van der Waals surface area contributed by atoms with Crippen molar-refractivity contribution in [3.8, 4) is 5.75 Å². The monoisotopic (exact) mass is 370 g/mol. The summed E-state index contributed by atoms with van der Waals surface area (Å²) in [6, 6.07) is 13.9. The second-order valence-electron chi connectivity index (χ2n) is 5.91. The third-order valence-electron chi connectivity index (χ3n) is 3.76. The minimum absolute atomic E-state index is 0.0401. The summed E-state index contributed by atoms with van der Waals surface area (Å²) in [6.07, 6.45) is 0.952. The molecule has 2 N–H and O–H groups in total. The van der Waals surface area contributed by atoms with Crippen LogP contribution in [0.15, 0.2) is 48.5 Å².